The molecule has 0 bridgehead atoms. The molecule has 0 aliphatic heterocycles. The number of nitrogens with two attached hydrogens (primary N) is 1. The Kier molecular flexibility index (Phi) is 5.40. The van der Waals surface area contributed by atoms with Gasteiger partial charge in [-0.15, -0.1) is 0 Å². The summed E-state index contributed by atoms with van der Waals surface area (Å²) in [7, 11) is 0. The first-order valence-corrected chi connectivity index (χ1v) is 6.50. The Labute approximate surface area is 126 Å². The Morgan fingerprint density at radius 2 is 2.10 bits per heavy atom. The van der Waals surface area contributed by atoms with Crippen LogP contribution in [-0.2, 0) is 20.7 Å². The van der Waals surface area contributed by atoms with Crippen molar-refractivity contribution in [3.05, 3.63) is 38.9 Å². The van der Waals surface area contributed by atoms with E-state index in [2.05, 4.69) is 0 Å². The van der Waals surface area contributed by atoms with E-state index in [0.29, 0.717) is 5.56 Å². The molecule has 7 nitrogen and oxygen atoms in total. The number of hydrogen-bond acceptors (Lipinski definition) is 6. The van der Waals surface area contributed by atoms with E-state index in [1.807, 2.05) is 0 Å². The highest BCUT2D eigenvalue weighted by Gasteiger charge is 2.41. The van der Waals surface area contributed by atoms with Gasteiger partial charge in [0.2, 0.25) is 0 Å². The third-order valence-corrected chi connectivity index (χ3v) is 3.34. The summed E-state index contributed by atoms with van der Waals surface area (Å²) in [6.07, 6.45) is -0.196. The van der Waals surface area contributed by atoms with Crippen LogP contribution < -0.4 is 5.73 Å². The van der Waals surface area contributed by atoms with Crippen molar-refractivity contribution in [2.75, 3.05) is 6.61 Å². The Morgan fingerprint density at radius 3 is 2.52 bits per heavy atom. The lowest BCUT2D eigenvalue weighted by Crippen LogP contribution is -2.56. The van der Waals surface area contributed by atoms with Gasteiger partial charge in [0, 0.05) is 18.6 Å². The maximum absolute atomic E-state index is 11.9. The van der Waals surface area contributed by atoms with E-state index in [4.69, 9.17) is 22.1 Å². The topological polar surface area (TPSA) is 113 Å². The zero-order valence-electron chi connectivity index (χ0n) is 11.6. The molecule has 0 saturated carbocycles. The summed E-state index contributed by atoms with van der Waals surface area (Å²) in [6.45, 7) is 2.85. The highest BCUT2D eigenvalue weighted by Crippen LogP contribution is 2.26. The van der Waals surface area contributed by atoms with Crippen molar-refractivity contribution in [3.63, 3.8) is 0 Å². The van der Waals surface area contributed by atoms with Gasteiger partial charge in [0.1, 0.15) is 0 Å². The first-order chi connectivity index (χ1) is 9.72. The average Bonchev–Trinajstić information content (AvgIpc) is 2.40. The Morgan fingerprint density at radius 1 is 1.48 bits per heavy atom. The number of ketones is 1. The van der Waals surface area contributed by atoms with Crippen LogP contribution in [0.5, 0.6) is 0 Å². The maximum atomic E-state index is 11.9. The van der Waals surface area contributed by atoms with Gasteiger partial charge in [-0.25, -0.2) is 4.79 Å². The van der Waals surface area contributed by atoms with Crippen LogP contribution in [0.25, 0.3) is 0 Å². The van der Waals surface area contributed by atoms with Crippen LogP contribution in [0.3, 0.4) is 0 Å². The van der Waals surface area contributed by atoms with Gasteiger partial charge in [-0.3, -0.25) is 14.9 Å². The lowest BCUT2D eigenvalue weighted by Gasteiger charge is -2.24. The molecule has 0 radical (unpaired) electrons. The van der Waals surface area contributed by atoms with Gasteiger partial charge in [-0.05, 0) is 19.4 Å². The van der Waals surface area contributed by atoms with Crippen LogP contribution in [-0.4, -0.2) is 28.8 Å². The van der Waals surface area contributed by atoms with E-state index in [1.165, 1.54) is 19.1 Å². The van der Waals surface area contributed by atoms with Gasteiger partial charge in [0.25, 0.3) is 5.69 Å². The summed E-state index contributed by atoms with van der Waals surface area (Å²) in [5, 5.41) is 10.7. The molecule has 0 fully saturated rings. The zero-order valence-corrected chi connectivity index (χ0v) is 12.3. The van der Waals surface area contributed by atoms with Crippen molar-refractivity contribution >= 4 is 29.0 Å². The molecular weight excluding hydrogens is 300 g/mol. The van der Waals surface area contributed by atoms with Crippen LogP contribution in [0, 0.1) is 10.1 Å². The number of benzene rings is 1. The highest BCUT2D eigenvalue weighted by atomic mass is 35.5. The number of nitro groups is 1. The van der Waals surface area contributed by atoms with E-state index >= 15 is 0 Å². The molecule has 1 atom stereocenters. The number of carbonyl (C=O) groups excluding carboxylic acids is 2. The van der Waals surface area contributed by atoms with Crippen molar-refractivity contribution in [1.82, 2.24) is 0 Å². The van der Waals surface area contributed by atoms with Gasteiger partial charge in [0.05, 0.1) is 16.6 Å². The van der Waals surface area contributed by atoms with E-state index < -0.39 is 22.2 Å². The summed E-state index contributed by atoms with van der Waals surface area (Å²) >= 11 is 5.94. The number of halogens is 1. The fraction of sp³-hybridized carbons (Fsp3) is 0.385. The van der Waals surface area contributed by atoms with Crippen molar-refractivity contribution in [2.45, 2.75) is 25.8 Å². The summed E-state index contributed by atoms with van der Waals surface area (Å²) in [5.74, 6) is -1.43. The minimum Gasteiger partial charge on any atom is -0.464 e. The van der Waals surface area contributed by atoms with Gasteiger partial charge in [-0.1, -0.05) is 17.7 Å². The molecule has 1 unspecified atom stereocenters. The Bertz CT molecular complexity index is 590. The molecule has 0 saturated heterocycles. The summed E-state index contributed by atoms with van der Waals surface area (Å²) in [6, 6.07) is 3.74. The van der Waals surface area contributed by atoms with Crippen molar-refractivity contribution < 1.29 is 19.2 Å². The summed E-state index contributed by atoms with van der Waals surface area (Å²) in [5.41, 5.74) is 4.15. The van der Waals surface area contributed by atoms with Crippen LogP contribution in [0.4, 0.5) is 5.69 Å². The predicted octanol–water partition coefficient (Wildman–Crippen LogP) is 1.64. The number of nitrogens with zero attached hydrogens (tertiary/aromatic N) is 1. The quantitative estimate of drug-likeness (QED) is 0.369. The third kappa shape index (κ3) is 3.77. The van der Waals surface area contributed by atoms with E-state index in [1.54, 1.807) is 6.92 Å². The molecule has 1 aromatic rings. The minimum absolute atomic E-state index is 0.0598. The number of non-ortho nitro benzene ring substituents is 1. The number of nitro benzene ring substituents is 1. The molecular formula is C13H15ClN2O5. The standard InChI is InChI=1S/C13H15ClN2O5/c1-3-21-12(18)13(15,8(2)17)7-9-4-5-10(16(19)20)6-11(9)14/h4-6H,3,7,15H2,1-2H3. The van der Waals surface area contributed by atoms with E-state index in [9.17, 15) is 19.7 Å². The molecule has 1 aromatic carbocycles. The maximum Gasteiger partial charge on any atom is 0.334 e. The number of Topliss-reactive ketones (excluding diaryl/α,β-unsaturated/α-hetero) is 1. The molecule has 0 heterocycles. The average molecular weight is 315 g/mol. The first kappa shape index (κ1) is 17.1. The molecule has 0 spiro atoms. The van der Waals surface area contributed by atoms with Gasteiger partial charge in [0.15, 0.2) is 11.3 Å². The number of rotatable bonds is 6. The second-order valence-corrected chi connectivity index (χ2v) is 4.86. The highest BCUT2D eigenvalue weighted by molar-refractivity contribution is 6.31. The molecule has 0 aromatic heterocycles. The third-order valence-electron chi connectivity index (χ3n) is 2.98. The molecule has 8 heteroatoms. The number of carbonyl (C=O) groups is 2. The molecule has 0 amide bonds. The van der Waals surface area contributed by atoms with Gasteiger partial charge in [-0.2, -0.15) is 0 Å². The first-order valence-electron chi connectivity index (χ1n) is 6.12. The molecule has 2 N–H and O–H groups in total. The van der Waals surface area contributed by atoms with Crippen molar-refractivity contribution in [2.24, 2.45) is 5.73 Å². The molecule has 1 rings (SSSR count). The molecule has 0 aliphatic carbocycles. The fourth-order valence-electron chi connectivity index (χ4n) is 1.69. The summed E-state index contributed by atoms with van der Waals surface area (Å²) in [4.78, 5) is 33.6. The lowest BCUT2D eigenvalue weighted by atomic mass is 9.88. The second-order valence-electron chi connectivity index (χ2n) is 4.46. The van der Waals surface area contributed by atoms with Crippen LogP contribution in [0.2, 0.25) is 5.02 Å². The molecule has 21 heavy (non-hydrogen) atoms. The van der Waals surface area contributed by atoms with Crippen LogP contribution in [0.15, 0.2) is 18.2 Å². The smallest absolute Gasteiger partial charge is 0.334 e. The van der Waals surface area contributed by atoms with Crippen LogP contribution in [0.1, 0.15) is 19.4 Å². The van der Waals surface area contributed by atoms with Crippen molar-refractivity contribution in [3.8, 4) is 0 Å². The number of ether oxygens (including phenoxy) is 1. The van der Waals surface area contributed by atoms with Gasteiger partial charge >= 0.3 is 5.97 Å². The normalized spacial score (nSPS) is 13.3. The largest absolute Gasteiger partial charge is 0.464 e. The monoisotopic (exact) mass is 314 g/mol. The minimum atomic E-state index is -1.87. The number of esters is 1. The molecule has 114 valence electrons. The fourth-order valence-corrected chi connectivity index (χ4v) is 1.94. The summed E-state index contributed by atoms with van der Waals surface area (Å²) < 4.78 is 4.81. The molecule has 0 aliphatic rings. The second kappa shape index (κ2) is 6.64. The van der Waals surface area contributed by atoms with E-state index in [-0.39, 0.29) is 23.7 Å². The Hall–Kier alpha value is -1.99. The van der Waals surface area contributed by atoms with E-state index in [0.717, 1.165) is 6.07 Å². The number of hydrogen-bond donors (Lipinski definition) is 1. The van der Waals surface area contributed by atoms with Crippen molar-refractivity contribution in [1.29, 1.82) is 0 Å². The zero-order chi connectivity index (χ0) is 16.2. The van der Waals surface area contributed by atoms with Crippen LogP contribution >= 0.6 is 11.6 Å². The Balaban J connectivity index is 3.13. The van der Waals surface area contributed by atoms with Gasteiger partial charge < -0.3 is 10.5 Å². The predicted molar refractivity (Wildman–Crippen MR) is 76.0 cm³/mol. The lowest BCUT2D eigenvalue weighted by molar-refractivity contribution is -0.384. The SMILES string of the molecule is CCOC(=O)C(N)(Cc1ccc([N+](=O)[O-])cc1Cl)C(C)=O.